The molecule has 0 saturated heterocycles. The predicted molar refractivity (Wildman–Crippen MR) is 80.8 cm³/mol. The smallest absolute Gasteiger partial charge is 0.231 e. The van der Waals surface area contributed by atoms with E-state index in [1.807, 2.05) is 13.0 Å². The fourth-order valence-corrected chi connectivity index (χ4v) is 3.06. The summed E-state index contributed by atoms with van der Waals surface area (Å²) in [5.41, 5.74) is 7.53. The lowest BCUT2D eigenvalue weighted by atomic mass is 9.83. The molecule has 5 heteroatoms. The van der Waals surface area contributed by atoms with Gasteiger partial charge in [-0.3, -0.25) is 4.79 Å². The topological polar surface area (TPSA) is 65.2 Å². The van der Waals surface area contributed by atoms with Crippen molar-refractivity contribution in [2.24, 2.45) is 11.7 Å². The van der Waals surface area contributed by atoms with E-state index >= 15 is 0 Å². The number of nitrogens with two attached hydrogens (primary N) is 1. The molecule has 1 aromatic heterocycles. The van der Waals surface area contributed by atoms with Crippen molar-refractivity contribution in [2.75, 3.05) is 6.61 Å². The van der Waals surface area contributed by atoms with Crippen LogP contribution in [-0.2, 0) is 10.2 Å². The van der Waals surface area contributed by atoms with Crippen molar-refractivity contribution in [3.8, 4) is 5.75 Å². The summed E-state index contributed by atoms with van der Waals surface area (Å²) in [5, 5.41) is 0. The Morgan fingerprint density at radius 2 is 2.32 bits per heavy atom. The highest BCUT2D eigenvalue weighted by atomic mass is 127. The van der Waals surface area contributed by atoms with E-state index in [1.165, 1.54) is 12.8 Å². The van der Waals surface area contributed by atoms with Crippen LogP contribution in [0.3, 0.4) is 0 Å². The van der Waals surface area contributed by atoms with E-state index in [2.05, 4.69) is 34.2 Å². The summed E-state index contributed by atoms with van der Waals surface area (Å²) in [4.78, 5) is 16.3. The highest BCUT2D eigenvalue weighted by Gasteiger charge is 2.43. The Morgan fingerprint density at radius 3 is 2.89 bits per heavy atom. The Morgan fingerprint density at radius 1 is 1.63 bits per heavy atom. The molecule has 1 saturated carbocycles. The van der Waals surface area contributed by atoms with E-state index in [4.69, 9.17) is 10.5 Å². The fraction of sp³-hybridized carbons (Fsp3) is 0.429. The highest BCUT2D eigenvalue weighted by molar-refractivity contribution is 14.1. The minimum Gasteiger partial charge on any atom is -0.489 e. The number of aromatic nitrogens is 1. The zero-order valence-corrected chi connectivity index (χ0v) is 12.9. The first-order valence-corrected chi connectivity index (χ1v) is 7.34. The third kappa shape index (κ3) is 1.94. The van der Waals surface area contributed by atoms with Gasteiger partial charge in [-0.25, -0.2) is 4.98 Å². The lowest BCUT2D eigenvalue weighted by Gasteiger charge is -2.18. The average Bonchev–Trinajstić information content (AvgIpc) is 3.14. The number of nitrogens with zero attached hydrogens (tertiary/aromatic N) is 1. The number of ether oxygens (including phenoxy) is 1. The number of halogens is 1. The zero-order valence-electron chi connectivity index (χ0n) is 10.7. The van der Waals surface area contributed by atoms with Crippen molar-refractivity contribution >= 4 is 34.1 Å². The summed E-state index contributed by atoms with van der Waals surface area (Å²) < 4.78 is 6.39. The molecule has 19 heavy (non-hydrogen) atoms. The molecule has 0 bridgehead atoms. The third-order valence-electron chi connectivity index (χ3n) is 3.97. The van der Waals surface area contributed by atoms with E-state index < -0.39 is 5.41 Å². The number of hydrogen-bond acceptors (Lipinski definition) is 3. The van der Waals surface area contributed by atoms with Crippen LogP contribution in [0.25, 0.3) is 5.57 Å². The summed E-state index contributed by atoms with van der Waals surface area (Å²) in [6, 6.07) is 1.93. The Balaban J connectivity index is 2.11. The van der Waals surface area contributed by atoms with Crippen molar-refractivity contribution < 1.29 is 9.53 Å². The number of carbonyl (C=O) groups is 1. The maximum Gasteiger partial charge on any atom is 0.231 e. The van der Waals surface area contributed by atoms with E-state index in [9.17, 15) is 4.79 Å². The van der Waals surface area contributed by atoms with Gasteiger partial charge in [-0.15, -0.1) is 0 Å². The van der Waals surface area contributed by atoms with Gasteiger partial charge in [0.2, 0.25) is 5.91 Å². The third-order valence-corrected chi connectivity index (χ3v) is 4.71. The van der Waals surface area contributed by atoms with Gasteiger partial charge in [0.15, 0.2) is 5.75 Å². The molecule has 2 N–H and O–H groups in total. The van der Waals surface area contributed by atoms with Crippen LogP contribution in [0, 0.1) is 9.62 Å². The normalized spacial score (nSPS) is 24.7. The Kier molecular flexibility index (Phi) is 2.85. The minimum absolute atomic E-state index is 0.286. The van der Waals surface area contributed by atoms with Crippen LogP contribution in [0.15, 0.2) is 12.6 Å². The monoisotopic (exact) mass is 370 g/mol. The minimum atomic E-state index is -0.767. The quantitative estimate of drug-likeness (QED) is 0.656. The molecular weight excluding hydrogens is 355 g/mol. The molecule has 0 unspecified atom stereocenters. The van der Waals surface area contributed by atoms with Gasteiger partial charge in [0.05, 0.1) is 5.69 Å². The van der Waals surface area contributed by atoms with Gasteiger partial charge in [-0.2, -0.15) is 0 Å². The summed E-state index contributed by atoms with van der Waals surface area (Å²) in [6.45, 7) is 6.23. The SMILES string of the molecule is C=C(c1cc2c(c(I)n1)OC[C@]2(C)C(N)=O)C1CC1. The molecule has 4 nitrogen and oxygen atoms in total. The van der Waals surface area contributed by atoms with Gasteiger partial charge in [-0.05, 0) is 59.9 Å². The first-order chi connectivity index (χ1) is 8.93. The Labute approximate surface area is 125 Å². The van der Waals surface area contributed by atoms with Gasteiger partial charge in [-0.1, -0.05) is 6.58 Å². The maximum atomic E-state index is 11.7. The van der Waals surface area contributed by atoms with E-state index in [-0.39, 0.29) is 12.5 Å². The number of fused-ring (bicyclic) bond motifs is 1. The molecule has 1 fully saturated rings. The number of carbonyl (C=O) groups excluding carboxylic acids is 1. The van der Waals surface area contributed by atoms with Gasteiger partial charge in [0.25, 0.3) is 0 Å². The molecule has 2 heterocycles. The molecule has 100 valence electrons. The lowest BCUT2D eigenvalue weighted by molar-refractivity contribution is -0.123. The first kappa shape index (κ1) is 12.9. The van der Waals surface area contributed by atoms with Crippen molar-refractivity contribution in [3.05, 3.63) is 27.6 Å². The molecule has 0 aromatic carbocycles. The summed E-state index contributed by atoms with van der Waals surface area (Å²) in [6.07, 6.45) is 2.36. The maximum absolute atomic E-state index is 11.7. The summed E-state index contributed by atoms with van der Waals surface area (Å²) >= 11 is 2.14. The molecule has 3 rings (SSSR count). The summed E-state index contributed by atoms with van der Waals surface area (Å²) in [5.74, 6) is 0.869. The van der Waals surface area contributed by atoms with E-state index in [0.717, 1.165) is 20.5 Å². The number of allylic oxidation sites excluding steroid dienone is 1. The largest absolute Gasteiger partial charge is 0.489 e. The Hall–Kier alpha value is -1.11. The standard InChI is InChI=1S/C14H15IN2O2/c1-7(8-3-4-8)10-5-9-11(12(15)17-10)19-6-14(9,2)13(16)18/h5,8H,1,3-4,6H2,2H3,(H2,16,18)/t14-/m0/s1. The van der Waals surface area contributed by atoms with Gasteiger partial charge < -0.3 is 10.5 Å². The first-order valence-electron chi connectivity index (χ1n) is 6.26. The molecule has 1 amide bonds. The molecule has 0 radical (unpaired) electrons. The number of rotatable bonds is 3. The Bertz CT molecular complexity index is 595. The van der Waals surface area contributed by atoms with Crippen LogP contribution in [0.4, 0.5) is 0 Å². The molecule has 1 aliphatic carbocycles. The van der Waals surface area contributed by atoms with Crippen molar-refractivity contribution in [1.29, 1.82) is 0 Å². The number of amides is 1. The van der Waals surface area contributed by atoms with E-state index in [0.29, 0.717) is 11.7 Å². The van der Waals surface area contributed by atoms with Crippen LogP contribution in [0.1, 0.15) is 31.0 Å². The second kappa shape index (κ2) is 4.19. The van der Waals surface area contributed by atoms with Crippen molar-refractivity contribution in [3.63, 3.8) is 0 Å². The molecular formula is C14H15IN2O2. The van der Waals surface area contributed by atoms with Crippen LogP contribution in [-0.4, -0.2) is 17.5 Å². The number of primary amides is 1. The fourth-order valence-electron chi connectivity index (χ4n) is 2.35. The van der Waals surface area contributed by atoms with Crippen LogP contribution < -0.4 is 10.5 Å². The predicted octanol–water partition coefficient (Wildman–Crippen LogP) is 2.24. The summed E-state index contributed by atoms with van der Waals surface area (Å²) in [7, 11) is 0. The number of hydrogen-bond donors (Lipinski definition) is 1. The molecule has 1 aromatic rings. The van der Waals surface area contributed by atoms with Crippen molar-refractivity contribution in [1.82, 2.24) is 4.98 Å². The van der Waals surface area contributed by atoms with Crippen LogP contribution in [0.5, 0.6) is 5.75 Å². The second-order valence-corrected chi connectivity index (χ2v) is 6.48. The highest BCUT2D eigenvalue weighted by Crippen LogP contribution is 2.45. The van der Waals surface area contributed by atoms with Gasteiger partial charge in [0, 0.05) is 5.56 Å². The second-order valence-electron chi connectivity index (χ2n) is 5.46. The zero-order chi connectivity index (χ0) is 13.8. The average molecular weight is 370 g/mol. The molecule has 1 atom stereocenters. The van der Waals surface area contributed by atoms with E-state index in [1.54, 1.807) is 0 Å². The molecule has 0 spiro atoms. The number of pyridine rings is 1. The molecule has 2 aliphatic rings. The van der Waals surface area contributed by atoms with Crippen LogP contribution in [0.2, 0.25) is 0 Å². The van der Waals surface area contributed by atoms with Gasteiger partial charge in [0.1, 0.15) is 15.7 Å². The lowest BCUT2D eigenvalue weighted by Crippen LogP contribution is -2.39. The van der Waals surface area contributed by atoms with Crippen LogP contribution >= 0.6 is 22.6 Å². The van der Waals surface area contributed by atoms with Gasteiger partial charge >= 0.3 is 0 Å². The molecule has 1 aliphatic heterocycles. The van der Waals surface area contributed by atoms with Crippen molar-refractivity contribution in [2.45, 2.75) is 25.2 Å².